The highest BCUT2D eigenvalue weighted by Crippen LogP contribution is 2.18. The van der Waals surface area contributed by atoms with Gasteiger partial charge in [-0.15, -0.1) is 0 Å². The molecule has 1 unspecified atom stereocenters. The van der Waals surface area contributed by atoms with Crippen LogP contribution in [-0.4, -0.2) is 96.1 Å². The molecule has 0 radical (unpaired) electrons. The van der Waals surface area contributed by atoms with E-state index in [1.807, 2.05) is 0 Å². The normalized spacial score (nSPS) is 27.8. The van der Waals surface area contributed by atoms with Crippen LogP contribution in [0, 0.1) is 0 Å². The quantitative estimate of drug-likeness (QED) is 0.235. The van der Waals surface area contributed by atoms with Crippen LogP contribution >= 0.6 is 0 Å². The average molecular weight is 360 g/mol. The summed E-state index contributed by atoms with van der Waals surface area (Å²) in [4.78, 5) is 27.0. The number of hydrogen-bond acceptors (Lipinski definition) is 9. The van der Waals surface area contributed by atoms with Crippen LogP contribution in [-0.2, 0) is 19.1 Å². The van der Waals surface area contributed by atoms with Crippen molar-refractivity contribution in [2.24, 2.45) is 0 Å². The Morgan fingerprint density at radius 2 is 1.04 bits per heavy atom. The Labute approximate surface area is 137 Å². The third-order valence-electron chi connectivity index (χ3n) is 1.87. The molecule has 24 heavy (non-hydrogen) atoms. The van der Waals surface area contributed by atoms with Gasteiger partial charge in [-0.3, -0.25) is 14.4 Å². The van der Waals surface area contributed by atoms with E-state index in [9.17, 15) is 0 Å². The highest BCUT2D eigenvalue weighted by atomic mass is 16.6. The predicted octanol–water partition coefficient (Wildman–Crippen LogP) is -2.95. The molecule has 1 aliphatic heterocycles. The number of carbonyl (C=O) groups is 3. The third-order valence-corrected chi connectivity index (χ3v) is 1.87. The maximum Gasteiger partial charge on any atom is 0.300 e. The van der Waals surface area contributed by atoms with Crippen molar-refractivity contribution in [3.8, 4) is 0 Å². The zero-order valence-electron chi connectivity index (χ0n) is 13.3. The largest absolute Gasteiger partial charge is 0.481 e. The minimum absolute atomic E-state index is 0.526. The Bertz CT molecular complexity index is 326. The minimum Gasteiger partial charge on any atom is -0.481 e. The Morgan fingerprint density at radius 3 is 1.29 bits per heavy atom. The lowest BCUT2D eigenvalue weighted by molar-refractivity contribution is -0.286. The second-order valence-electron chi connectivity index (χ2n) is 4.28. The number of ether oxygens (including phenoxy) is 1. The van der Waals surface area contributed by atoms with Crippen molar-refractivity contribution >= 4 is 17.9 Å². The summed E-state index contributed by atoms with van der Waals surface area (Å²) in [6.45, 7) is 2.72. The monoisotopic (exact) mass is 360 g/mol. The smallest absolute Gasteiger partial charge is 0.300 e. The van der Waals surface area contributed by atoms with Gasteiger partial charge >= 0.3 is 0 Å². The first kappa shape index (κ1) is 27.0. The van der Waals surface area contributed by atoms with E-state index in [4.69, 9.17) is 55.2 Å². The maximum atomic E-state index is 9.12. The molecule has 0 aromatic rings. The molecular weight excluding hydrogens is 336 g/mol. The molecule has 0 bridgehead atoms. The summed E-state index contributed by atoms with van der Waals surface area (Å²) in [6, 6.07) is 0. The van der Waals surface area contributed by atoms with Gasteiger partial charge in [-0.05, 0) is 0 Å². The van der Waals surface area contributed by atoms with Crippen molar-refractivity contribution in [2.45, 2.75) is 51.5 Å². The van der Waals surface area contributed by atoms with Crippen molar-refractivity contribution in [1.29, 1.82) is 0 Å². The van der Waals surface area contributed by atoms with E-state index in [0.717, 1.165) is 20.8 Å². The summed E-state index contributed by atoms with van der Waals surface area (Å²) in [5, 5.41) is 66.9. The number of rotatable bonds is 1. The van der Waals surface area contributed by atoms with E-state index in [0.29, 0.717) is 0 Å². The molecule has 5 atom stereocenters. The van der Waals surface area contributed by atoms with Gasteiger partial charge in [0.2, 0.25) is 0 Å². The summed E-state index contributed by atoms with van der Waals surface area (Å²) in [6.07, 6.45) is -7.04. The van der Waals surface area contributed by atoms with E-state index >= 15 is 0 Å². The van der Waals surface area contributed by atoms with Crippen LogP contribution in [0.4, 0.5) is 0 Å². The molecule has 0 spiro atoms. The highest BCUT2D eigenvalue weighted by molar-refractivity contribution is 5.63. The molecule has 1 aliphatic rings. The number of carboxylic acid groups (broad SMARTS) is 3. The van der Waals surface area contributed by atoms with Gasteiger partial charge in [0.15, 0.2) is 6.29 Å². The van der Waals surface area contributed by atoms with E-state index in [-0.39, 0.29) is 0 Å². The Kier molecular flexibility index (Phi) is 16.6. The van der Waals surface area contributed by atoms with E-state index in [1.54, 1.807) is 0 Å². The zero-order chi connectivity index (χ0) is 20.0. The van der Waals surface area contributed by atoms with Crippen LogP contribution in [0.2, 0.25) is 0 Å². The second kappa shape index (κ2) is 14.7. The van der Waals surface area contributed by atoms with Crippen LogP contribution in [0.25, 0.3) is 0 Å². The number of carboxylic acids is 3. The lowest BCUT2D eigenvalue weighted by atomic mass is 10.00. The van der Waals surface area contributed by atoms with Gasteiger partial charge in [-0.1, -0.05) is 0 Å². The average Bonchev–Trinajstić information content (AvgIpc) is 2.38. The molecule has 0 aromatic heterocycles. The summed E-state index contributed by atoms with van der Waals surface area (Å²) >= 11 is 0. The fourth-order valence-corrected chi connectivity index (χ4v) is 1.08. The van der Waals surface area contributed by atoms with Crippen molar-refractivity contribution in [3.63, 3.8) is 0 Å². The van der Waals surface area contributed by atoms with Crippen LogP contribution in [0.5, 0.6) is 0 Å². The first-order valence-electron chi connectivity index (χ1n) is 6.35. The number of aliphatic hydroxyl groups is 5. The van der Waals surface area contributed by atoms with E-state index in [2.05, 4.69) is 4.74 Å². The van der Waals surface area contributed by atoms with Gasteiger partial charge in [0.1, 0.15) is 24.4 Å². The fraction of sp³-hybridized carbons (Fsp3) is 0.750. The highest BCUT2D eigenvalue weighted by Gasteiger charge is 2.42. The van der Waals surface area contributed by atoms with Crippen LogP contribution in [0.3, 0.4) is 0 Å². The van der Waals surface area contributed by atoms with Gasteiger partial charge in [-0.2, -0.15) is 0 Å². The molecule has 0 amide bonds. The van der Waals surface area contributed by atoms with E-state index < -0.39 is 55.2 Å². The van der Waals surface area contributed by atoms with Crippen molar-refractivity contribution in [1.82, 2.24) is 0 Å². The molecule has 1 saturated heterocycles. The predicted molar refractivity (Wildman–Crippen MR) is 75.9 cm³/mol. The standard InChI is InChI=1S/C6H12O6.3C2H4O2/c7-1-2-3(8)4(9)5(10)6(11)12-2;3*1-2(3)4/h2-11H,1H2;3*1H3,(H,3,4)/t2-,3-,4+,5-,6?;;;/m1.../s1. The van der Waals surface area contributed by atoms with Gasteiger partial charge in [0.25, 0.3) is 17.9 Å². The fourth-order valence-electron chi connectivity index (χ4n) is 1.08. The molecule has 144 valence electrons. The summed E-state index contributed by atoms with van der Waals surface area (Å²) in [5.74, 6) is -2.50. The molecule has 12 heteroatoms. The summed E-state index contributed by atoms with van der Waals surface area (Å²) in [5.41, 5.74) is 0. The molecular formula is C12H24O12. The maximum absolute atomic E-state index is 9.12. The molecule has 0 aliphatic carbocycles. The molecule has 0 saturated carbocycles. The van der Waals surface area contributed by atoms with Crippen LogP contribution in [0.15, 0.2) is 0 Å². The first-order valence-corrected chi connectivity index (χ1v) is 6.35. The van der Waals surface area contributed by atoms with Gasteiger partial charge in [-0.25, -0.2) is 0 Å². The molecule has 12 nitrogen and oxygen atoms in total. The van der Waals surface area contributed by atoms with Crippen molar-refractivity contribution in [3.05, 3.63) is 0 Å². The molecule has 1 rings (SSSR count). The minimum atomic E-state index is -1.57. The lowest BCUT2D eigenvalue weighted by Crippen LogP contribution is -2.58. The van der Waals surface area contributed by atoms with E-state index in [1.165, 1.54) is 0 Å². The number of hydrogen-bond donors (Lipinski definition) is 8. The topological polar surface area (TPSA) is 222 Å². The number of aliphatic carboxylic acids is 3. The molecule has 0 aromatic carbocycles. The Morgan fingerprint density at radius 1 is 0.750 bits per heavy atom. The summed E-state index contributed by atoms with van der Waals surface area (Å²) < 4.78 is 4.58. The molecule has 1 heterocycles. The first-order chi connectivity index (χ1) is 10.8. The van der Waals surface area contributed by atoms with Crippen LogP contribution in [0.1, 0.15) is 20.8 Å². The lowest BCUT2D eigenvalue weighted by Gasteiger charge is -2.37. The summed E-state index contributed by atoms with van der Waals surface area (Å²) in [7, 11) is 0. The van der Waals surface area contributed by atoms with Gasteiger partial charge in [0, 0.05) is 20.8 Å². The number of aliphatic hydroxyl groups excluding tert-OH is 5. The second-order valence-corrected chi connectivity index (χ2v) is 4.28. The Balaban J connectivity index is -0.000000304. The molecule has 1 fully saturated rings. The zero-order valence-corrected chi connectivity index (χ0v) is 13.3. The Hall–Kier alpha value is -1.83. The SMILES string of the molecule is CC(=O)O.CC(=O)O.CC(=O)O.OC[C@H]1OC(O)[C@H](O)[C@@H](O)[C@@H]1O. The van der Waals surface area contributed by atoms with Gasteiger partial charge in [0.05, 0.1) is 6.61 Å². The van der Waals surface area contributed by atoms with Crippen molar-refractivity contribution < 1.29 is 60.0 Å². The third kappa shape index (κ3) is 18.2. The van der Waals surface area contributed by atoms with Gasteiger partial charge < -0.3 is 45.6 Å². The molecule has 8 N–H and O–H groups in total. The van der Waals surface area contributed by atoms with Crippen LogP contribution < -0.4 is 0 Å². The van der Waals surface area contributed by atoms with Crippen molar-refractivity contribution in [2.75, 3.05) is 6.61 Å².